The lowest BCUT2D eigenvalue weighted by molar-refractivity contribution is 0.313. The Morgan fingerprint density at radius 1 is 1.00 bits per heavy atom. The van der Waals surface area contributed by atoms with Gasteiger partial charge in [-0.3, -0.25) is 0 Å². The number of nitrogens with zero attached hydrogens (tertiary/aromatic N) is 4. The van der Waals surface area contributed by atoms with E-state index in [0.717, 1.165) is 72.6 Å². The minimum absolute atomic E-state index is 0.564. The lowest BCUT2D eigenvalue weighted by atomic mass is 10.1. The molecule has 2 aromatic carbocycles. The number of anilines is 6. The van der Waals surface area contributed by atoms with Gasteiger partial charge in [0, 0.05) is 67.1 Å². The molecule has 1 saturated heterocycles. The molecule has 7 nitrogen and oxygen atoms in total. The maximum absolute atomic E-state index is 6.33. The van der Waals surface area contributed by atoms with Crippen LogP contribution >= 0.6 is 11.6 Å². The Kier molecular flexibility index (Phi) is 5.76. The first-order valence-electron chi connectivity index (χ1n) is 11.0. The molecule has 2 aliphatic heterocycles. The fourth-order valence-electron chi connectivity index (χ4n) is 4.21. The maximum atomic E-state index is 6.33. The average Bonchev–Trinajstić information content (AvgIpc) is 3.30. The second-order valence-corrected chi connectivity index (χ2v) is 8.84. The van der Waals surface area contributed by atoms with Crippen molar-refractivity contribution in [2.24, 2.45) is 0 Å². The number of benzene rings is 2. The zero-order valence-electron chi connectivity index (χ0n) is 18.5. The van der Waals surface area contributed by atoms with Crippen molar-refractivity contribution < 1.29 is 0 Å². The predicted molar refractivity (Wildman–Crippen MR) is 133 cm³/mol. The molecule has 0 unspecified atom stereocenters. The van der Waals surface area contributed by atoms with Crippen molar-refractivity contribution in [3.63, 3.8) is 0 Å². The van der Waals surface area contributed by atoms with Crippen molar-refractivity contribution in [3.05, 3.63) is 58.7 Å². The zero-order chi connectivity index (χ0) is 22.1. The van der Waals surface area contributed by atoms with Crippen LogP contribution in [0.4, 0.5) is 34.5 Å². The van der Waals surface area contributed by atoms with Gasteiger partial charge in [0.15, 0.2) is 0 Å². The summed E-state index contributed by atoms with van der Waals surface area (Å²) in [5, 5.41) is 10.9. The number of hydrogen-bond donors (Lipinski definition) is 3. The third kappa shape index (κ3) is 4.31. The number of halogens is 1. The molecule has 0 spiro atoms. The molecule has 32 heavy (non-hydrogen) atoms. The van der Waals surface area contributed by atoms with E-state index < -0.39 is 0 Å². The van der Waals surface area contributed by atoms with Crippen molar-refractivity contribution in [2.45, 2.75) is 13.3 Å². The molecule has 8 heteroatoms. The Morgan fingerprint density at radius 3 is 2.56 bits per heavy atom. The lowest BCUT2D eigenvalue weighted by Gasteiger charge is -2.34. The van der Waals surface area contributed by atoms with Crippen LogP contribution in [0.15, 0.2) is 42.6 Å². The molecule has 1 fully saturated rings. The Labute approximate surface area is 193 Å². The van der Waals surface area contributed by atoms with Crippen LogP contribution in [0.5, 0.6) is 0 Å². The van der Waals surface area contributed by atoms with Crippen molar-refractivity contribution in [3.8, 4) is 0 Å². The number of piperazine rings is 1. The van der Waals surface area contributed by atoms with E-state index in [2.05, 4.69) is 62.0 Å². The van der Waals surface area contributed by atoms with Crippen LogP contribution in [0.3, 0.4) is 0 Å². The Bertz CT molecular complexity index is 1110. The quantitative estimate of drug-likeness (QED) is 0.524. The van der Waals surface area contributed by atoms with Gasteiger partial charge in [0.1, 0.15) is 5.82 Å². The standard InChI is InChI=1S/C24H28ClN7/c1-16-15-27-24(28-17-3-5-18(6-4-17)32-13-11-31(2)12-14-32)30-23(16)29-21-8-7-20(25)22-19(21)9-10-26-22/h3-8,15,26H,9-14H2,1-2H3,(H2,27,28,29,30). The molecule has 0 radical (unpaired) electrons. The summed E-state index contributed by atoms with van der Waals surface area (Å²) < 4.78 is 0. The smallest absolute Gasteiger partial charge is 0.229 e. The molecule has 5 rings (SSSR count). The first-order chi connectivity index (χ1) is 15.6. The van der Waals surface area contributed by atoms with Gasteiger partial charge in [-0.1, -0.05) is 11.6 Å². The molecule has 3 heterocycles. The van der Waals surface area contributed by atoms with Gasteiger partial charge < -0.3 is 25.8 Å². The van der Waals surface area contributed by atoms with Crippen LogP contribution in [0.25, 0.3) is 0 Å². The van der Waals surface area contributed by atoms with E-state index in [1.165, 1.54) is 11.3 Å². The largest absolute Gasteiger partial charge is 0.383 e. The average molecular weight is 450 g/mol. The SMILES string of the molecule is Cc1cnc(Nc2ccc(N3CCN(C)CC3)cc2)nc1Nc1ccc(Cl)c2c1CCN2. The van der Waals surface area contributed by atoms with E-state index in [-0.39, 0.29) is 0 Å². The number of rotatable bonds is 5. The minimum atomic E-state index is 0.564. The van der Waals surface area contributed by atoms with Gasteiger partial charge in [-0.05, 0) is 56.8 Å². The number of aromatic nitrogens is 2. The maximum Gasteiger partial charge on any atom is 0.229 e. The lowest BCUT2D eigenvalue weighted by Crippen LogP contribution is -2.44. The second-order valence-electron chi connectivity index (χ2n) is 8.44. The first-order valence-corrected chi connectivity index (χ1v) is 11.4. The van der Waals surface area contributed by atoms with Crippen molar-refractivity contribution in [1.29, 1.82) is 0 Å². The summed E-state index contributed by atoms with van der Waals surface area (Å²) in [6.07, 6.45) is 2.78. The van der Waals surface area contributed by atoms with E-state index >= 15 is 0 Å². The van der Waals surface area contributed by atoms with E-state index in [4.69, 9.17) is 16.6 Å². The van der Waals surface area contributed by atoms with Gasteiger partial charge in [-0.2, -0.15) is 4.98 Å². The Hall–Kier alpha value is -3.03. The molecule has 0 aliphatic carbocycles. The van der Waals surface area contributed by atoms with Crippen molar-refractivity contribution in [2.75, 3.05) is 60.6 Å². The molecule has 2 aliphatic rings. The number of likely N-dealkylation sites (N-methyl/N-ethyl adjacent to an activating group) is 1. The van der Waals surface area contributed by atoms with Crippen molar-refractivity contribution in [1.82, 2.24) is 14.9 Å². The minimum Gasteiger partial charge on any atom is -0.383 e. The molecule has 0 atom stereocenters. The zero-order valence-corrected chi connectivity index (χ0v) is 19.2. The summed E-state index contributed by atoms with van der Waals surface area (Å²) in [5.74, 6) is 1.35. The number of nitrogens with one attached hydrogen (secondary N) is 3. The van der Waals surface area contributed by atoms with Crippen LogP contribution < -0.4 is 20.9 Å². The van der Waals surface area contributed by atoms with Gasteiger partial charge in [-0.25, -0.2) is 4.98 Å². The van der Waals surface area contributed by atoms with Crippen LogP contribution in [0.2, 0.25) is 5.02 Å². The van der Waals surface area contributed by atoms with Crippen LogP contribution in [-0.2, 0) is 6.42 Å². The van der Waals surface area contributed by atoms with Gasteiger partial charge in [0.05, 0.1) is 10.7 Å². The Morgan fingerprint density at radius 2 is 1.78 bits per heavy atom. The highest BCUT2D eigenvalue weighted by Crippen LogP contribution is 2.37. The van der Waals surface area contributed by atoms with E-state index in [1.807, 2.05) is 25.3 Å². The highest BCUT2D eigenvalue weighted by Gasteiger charge is 2.18. The van der Waals surface area contributed by atoms with Crippen LogP contribution in [0, 0.1) is 6.92 Å². The molecule has 3 aromatic rings. The number of aryl methyl sites for hydroxylation is 1. The number of hydrogen-bond acceptors (Lipinski definition) is 7. The predicted octanol–water partition coefficient (Wildman–Crippen LogP) is 4.65. The molecule has 0 saturated carbocycles. The third-order valence-corrected chi connectivity index (χ3v) is 6.47. The van der Waals surface area contributed by atoms with Crippen LogP contribution in [0.1, 0.15) is 11.1 Å². The summed E-state index contributed by atoms with van der Waals surface area (Å²) in [7, 11) is 2.17. The van der Waals surface area contributed by atoms with Crippen molar-refractivity contribution >= 4 is 46.1 Å². The summed E-state index contributed by atoms with van der Waals surface area (Å²) >= 11 is 6.33. The number of fused-ring (bicyclic) bond motifs is 1. The van der Waals surface area contributed by atoms with Gasteiger partial charge in [0.2, 0.25) is 5.95 Å². The fourth-order valence-corrected chi connectivity index (χ4v) is 4.45. The van der Waals surface area contributed by atoms with Gasteiger partial charge >= 0.3 is 0 Å². The summed E-state index contributed by atoms with van der Waals surface area (Å²) in [6, 6.07) is 12.4. The topological polar surface area (TPSA) is 68.4 Å². The van der Waals surface area contributed by atoms with Gasteiger partial charge in [0.25, 0.3) is 0 Å². The molecule has 0 amide bonds. The highest BCUT2D eigenvalue weighted by atomic mass is 35.5. The highest BCUT2D eigenvalue weighted by molar-refractivity contribution is 6.33. The first kappa shape index (κ1) is 20.8. The Balaban J connectivity index is 1.31. The molecular weight excluding hydrogens is 422 g/mol. The third-order valence-electron chi connectivity index (χ3n) is 6.16. The molecule has 166 valence electrons. The fraction of sp³-hybridized carbons (Fsp3) is 0.333. The monoisotopic (exact) mass is 449 g/mol. The van der Waals surface area contributed by atoms with Gasteiger partial charge in [-0.15, -0.1) is 0 Å². The normalized spacial score (nSPS) is 15.9. The van der Waals surface area contributed by atoms with E-state index in [0.29, 0.717) is 5.95 Å². The second kappa shape index (κ2) is 8.84. The molecular formula is C24H28ClN7. The van der Waals surface area contributed by atoms with Crippen LogP contribution in [-0.4, -0.2) is 54.6 Å². The molecule has 1 aromatic heterocycles. The summed E-state index contributed by atoms with van der Waals surface area (Å²) in [6.45, 7) is 7.21. The summed E-state index contributed by atoms with van der Waals surface area (Å²) in [5.41, 5.74) is 6.44. The molecule has 0 bridgehead atoms. The van der Waals surface area contributed by atoms with E-state index in [1.54, 1.807) is 0 Å². The molecule has 3 N–H and O–H groups in total. The summed E-state index contributed by atoms with van der Waals surface area (Å²) in [4.78, 5) is 14.0. The van der Waals surface area contributed by atoms with E-state index in [9.17, 15) is 0 Å².